The topological polar surface area (TPSA) is 46.2 Å². The van der Waals surface area contributed by atoms with Crippen molar-refractivity contribution in [2.75, 3.05) is 0 Å². The van der Waals surface area contributed by atoms with Gasteiger partial charge in [0.05, 0.1) is 5.02 Å². The van der Waals surface area contributed by atoms with E-state index in [-0.39, 0.29) is 16.5 Å². The van der Waals surface area contributed by atoms with E-state index in [9.17, 15) is 8.42 Å². The van der Waals surface area contributed by atoms with Crippen molar-refractivity contribution in [1.29, 1.82) is 0 Å². The Kier molecular flexibility index (Phi) is 5.85. The fourth-order valence-corrected chi connectivity index (χ4v) is 4.17. The van der Waals surface area contributed by atoms with Gasteiger partial charge in [0.15, 0.2) is 0 Å². The van der Waals surface area contributed by atoms with Crippen molar-refractivity contribution in [3.8, 4) is 0 Å². The van der Waals surface area contributed by atoms with Crippen LogP contribution >= 0.6 is 43.5 Å². The van der Waals surface area contributed by atoms with Gasteiger partial charge in [-0.25, -0.2) is 13.1 Å². The van der Waals surface area contributed by atoms with E-state index in [0.717, 1.165) is 20.9 Å². The molecule has 0 amide bonds. The molecule has 0 saturated heterocycles. The summed E-state index contributed by atoms with van der Waals surface area (Å²) in [5, 5.41) is 0.914. The van der Waals surface area contributed by atoms with Crippen molar-refractivity contribution in [2.45, 2.75) is 16.8 Å². The summed E-state index contributed by atoms with van der Waals surface area (Å²) in [6, 6.07) is 12.4. The molecule has 0 spiro atoms. The molecule has 3 nitrogen and oxygen atoms in total. The van der Waals surface area contributed by atoms with Gasteiger partial charge in [-0.1, -0.05) is 67.7 Å². The van der Waals surface area contributed by atoms with Crippen LogP contribution in [0.4, 0.5) is 0 Å². The van der Waals surface area contributed by atoms with Gasteiger partial charge >= 0.3 is 0 Å². The molecule has 112 valence electrons. The van der Waals surface area contributed by atoms with Crippen LogP contribution in [0.25, 0.3) is 0 Å². The van der Waals surface area contributed by atoms with Crippen molar-refractivity contribution < 1.29 is 8.42 Å². The summed E-state index contributed by atoms with van der Waals surface area (Å²) in [6.45, 7) is 0.218. The highest BCUT2D eigenvalue weighted by Gasteiger charge is 2.17. The Hall–Kier alpha value is -0.400. The molecule has 0 bridgehead atoms. The van der Waals surface area contributed by atoms with Crippen LogP contribution in [0.1, 0.15) is 11.1 Å². The van der Waals surface area contributed by atoms with Crippen LogP contribution in [0.5, 0.6) is 0 Å². The number of hydrogen-bond donors (Lipinski definition) is 1. The first-order valence-electron chi connectivity index (χ1n) is 6.01. The minimum absolute atomic E-state index is 0.0732. The molecule has 1 N–H and O–H groups in total. The van der Waals surface area contributed by atoms with Crippen molar-refractivity contribution in [2.24, 2.45) is 0 Å². The fraction of sp³-hybridized carbons (Fsp3) is 0.143. The molecule has 0 heterocycles. The molecule has 0 aliphatic carbocycles. The van der Waals surface area contributed by atoms with E-state index in [2.05, 4.69) is 36.6 Å². The van der Waals surface area contributed by atoms with Crippen molar-refractivity contribution in [3.05, 3.63) is 63.1 Å². The summed E-state index contributed by atoms with van der Waals surface area (Å²) >= 11 is 12.6. The summed E-state index contributed by atoms with van der Waals surface area (Å²) in [4.78, 5) is 0.0732. The first-order chi connectivity index (χ1) is 9.92. The van der Waals surface area contributed by atoms with Gasteiger partial charge in [-0.15, -0.1) is 0 Å². The smallest absolute Gasteiger partial charge is 0.207 e. The average Bonchev–Trinajstić information content (AvgIpc) is 2.45. The number of alkyl halides is 1. The lowest BCUT2D eigenvalue weighted by molar-refractivity contribution is 0.581. The second-order valence-electron chi connectivity index (χ2n) is 4.35. The quantitative estimate of drug-likeness (QED) is 0.679. The third kappa shape index (κ3) is 4.53. The lowest BCUT2D eigenvalue weighted by Crippen LogP contribution is -2.23. The molecule has 2 rings (SSSR count). The number of benzene rings is 2. The summed E-state index contributed by atoms with van der Waals surface area (Å²) in [7, 11) is -3.64. The van der Waals surface area contributed by atoms with E-state index in [0.29, 0.717) is 0 Å². The molecule has 0 aromatic heterocycles. The van der Waals surface area contributed by atoms with E-state index in [4.69, 9.17) is 11.6 Å². The van der Waals surface area contributed by atoms with Crippen LogP contribution in [0.2, 0.25) is 5.02 Å². The summed E-state index contributed by atoms with van der Waals surface area (Å²) in [5.74, 6) is 0. The molecule has 21 heavy (non-hydrogen) atoms. The Morgan fingerprint density at radius 3 is 2.48 bits per heavy atom. The monoisotopic (exact) mass is 451 g/mol. The normalized spacial score (nSPS) is 11.6. The van der Waals surface area contributed by atoms with Gasteiger partial charge in [-0.2, -0.15) is 0 Å². The molecule has 0 aliphatic rings. The van der Waals surface area contributed by atoms with Crippen LogP contribution in [0.3, 0.4) is 0 Å². The Bertz CT molecular complexity index is 750. The van der Waals surface area contributed by atoms with Crippen molar-refractivity contribution >= 4 is 53.5 Å². The second kappa shape index (κ2) is 7.24. The minimum atomic E-state index is -3.64. The Morgan fingerprint density at radius 2 is 1.81 bits per heavy atom. The highest BCUT2D eigenvalue weighted by Crippen LogP contribution is 2.25. The predicted molar refractivity (Wildman–Crippen MR) is 92.3 cm³/mol. The first-order valence-corrected chi connectivity index (χ1v) is 9.78. The van der Waals surface area contributed by atoms with Gasteiger partial charge in [0, 0.05) is 16.3 Å². The third-order valence-corrected chi connectivity index (χ3v) is 5.82. The Morgan fingerprint density at radius 1 is 1.10 bits per heavy atom. The number of hydrogen-bond acceptors (Lipinski definition) is 2. The van der Waals surface area contributed by atoms with Gasteiger partial charge in [-0.05, 0) is 29.3 Å². The van der Waals surface area contributed by atoms with Gasteiger partial charge in [-0.3, -0.25) is 0 Å². The lowest BCUT2D eigenvalue weighted by Gasteiger charge is -2.09. The number of rotatable bonds is 5. The molecular weight excluding hydrogens is 441 g/mol. The van der Waals surface area contributed by atoms with E-state index >= 15 is 0 Å². The predicted octanol–water partition coefficient (Wildman–Crippen LogP) is 4.48. The zero-order valence-electron chi connectivity index (χ0n) is 10.8. The van der Waals surface area contributed by atoms with Gasteiger partial charge in [0.1, 0.15) is 4.90 Å². The summed E-state index contributed by atoms with van der Waals surface area (Å²) < 4.78 is 27.8. The zero-order valence-corrected chi connectivity index (χ0v) is 15.6. The maximum absolute atomic E-state index is 12.3. The van der Waals surface area contributed by atoms with Crippen LogP contribution in [-0.2, 0) is 21.9 Å². The maximum atomic E-state index is 12.3. The second-order valence-corrected chi connectivity index (χ2v) is 7.97. The van der Waals surface area contributed by atoms with E-state index in [1.165, 1.54) is 6.07 Å². The molecule has 0 aliphatic heterocycles. The standard InChI is InChI=1S/C14H12Br2ClNO2S/c15-8-10-2-1-3-11(6-10)9-18-21(19,20)14-5-4-12(16)7-13(14)17/h1-7,18H,8-9H2. The third-order valence-electron chi connectivity index (χ3n) is 2.80. The molecule has 0 fully saturated rings. The van der Waals surface area contributed by atoms with E-state index in [1.54, 1.807) is 12.1 Å². The van der Waals surface area contributed by atoms with Gasteiger partial charge in [0.25, 0.3) is 0 Å². The Labute approximate surface area is 146 Å². The SMILES string of the molecule is O=S(=O)(NCc1cccc(CBr)c1)c1ccc(Br)cc1Cl. The fourth-order valence-electron chi connectivity index (χ4n) is 1.77. The number of sulfonamides is 1. The van der Waals surface area contributed by atoms with Crippen molar-refractivity contribution in [1.82, 2.24) is 4.72 Å². The zero-order chi connectivity index (χ0) is 15.5. The average molecular weight is 454 g/mol. The maximum Gasteiger partial charge on any atom is 0.242 e. The highest BCUT2D eigenvalue weighted by atomic mass is 79.9. The Balaban J connectivity index is 2.17. The van der Waals surface area contributed by atoms with Crippen LogP contribution in [0, 0.1) is 0 Å². The van der Waals surface area contributed by atoms with E-state index < -0.39 is 10.0 Å². The highest BCUT2D eigenvalue weighted by molar-refractivity contribution is 9.10. The van der Waals surface area contributed by atoms with E-state index in [1.807, 2.05) is 24.3 Å². The molecule has 2 aromatic rings. The molecule has 0 atom stereocenters. The van der Waals surface area contributed by atoms with Gasteiger partial charge in [0.2, 0.25) is 10.0 Å². The number of nitrogens with one attached hydrogen (secondary N) is 1. The van der Waals surface area contributed by atoms with Gasteiger partial charge < -0.3 is 0 Å². The molecular formula is C14H12Br2ClNO2S. The molecule has 0 radical (unpaired) electrons. The summed E-state index contributed by atoms with van der Waals surface area (Å²) in [6.07, 6.45) is 0. The largest absolute Gasteiger partial charge is 0.242 e. The van der Waals surface area contributed by atoms with Crippen LogP contribution in [0.15, 0.2) is 51.8 Å². The first kappa shape index (κ1) is 17.0. The summed E-state index contributed by atoms with van der Waals surface area (Å²) in [5.41, 5.74) is 1.98. The molecule has 2 aromatic carbocycles. The lowest BCUT2D eigenvalue weighted by atomic mass is 10.1. The number of halogens is 3. The molecule has 0 unspecified atom stereocenters. The minimum Gasteiger partial charge on any atom is -0.207 e. The van der Waals surface area contributed by atoms with Crippen molar-refractivity contribution in [3.63, 3.8) is 0 Å². The van der Waals surface area contributed by atoms with Crippen LogP contribution in [-0.4, -0.2) is 8.42 Å². The molecule has 7 heteroatoms. The molecule has 0 saturated carbocycles. The van der Waals surface area contributed by atoms with Crippen LogP contribution < -0.4 is 4.72 Å².